The van der Waals surface area contributed by atoms with Gasteiger partial charge in [0.15, 0.2) is 5.65 Å². The molecule has 1 aliphatic heterocycles. The number of benzene rings is 2. The number of aromatic nitrogens is 3. The average Bonchev–Trinajstić information content (AvgIpc) is 3.28. The van der Waals surface area contributed by atoms with Crippen LogP contribution < -0.4 is 5.32 Å². The van der Waals surface area contributed by atoms with Gasteiger partial charge in [0.1, 0.15) is 5.82 Å². The summed E-state index contributed by atoms with van der Waals surface area (Å²) in [6, 6.07) is 19.7. The molecule has 1 aliphatic rings. The Morgan fingerprint density at radius 2 is 1.86 bits per heavy atom. The van der Waals surface area contributed by atoms with Crippen LogP contribution in [-0.2, 0) is 4.79 Å². The van der Waals surface area contributed by atoms with Crippen molar-refractivity contribution < 1.29 is 4.79 Å². The first kappa shape index (κ1) is 24.5. The number of piperidine rings is 1. The lowest BCUT2D eigenvalue weighted by molar-refractivity contribution is -0.128. The van der Waals surface area contributed by atoms with Crippen LogP contribution in [0.1, 0.15) is 25.3 Å². The summed E-state index contributed by atoms with van der Waals surface area (Å²) in [5.74, 6) is 1.44. The molecule has 0 aliphatic carbocycles. The lowest BCUT2D eigenvalue weighted by Crippen LogP contribution is -2.40. The first-order valence-corrected chi connectivity index (χ1v) is 13.2. The van der Waals surface area contributed by atoms with Gasteiger partial charge in [-0.15, -0.1) is 0 Å². The van der Waals surface area contributed by atoms with E-state index in [1.54, 1.807) is 10.7 Å². The van der Waals surface area contributed by atoms with Gasteiger partial charge in [0.25, 0.3) is 0 Å². The first-order chi connectivity index (χ1) is 17.5. The third-order valence-corrected chi connectivity index (χ3v) is 7.46. The fraction of sp³-hybridized carbons (Fsp3) is 0.250. The van der Waals surface area contributed by atoms with Gasteiger partial charge in [-0.05, 0) is 59.3 Å². The maximum Gasteiger partial charge on any atom is 0.249 e. The van der Waals surface area contributed by atoms with Crippen molar-refractivity contribution in [3.63, 3.8) is 0 Å². The molecule has 0 spiro atoms. The Hall–Kier alpha value is -3.16. The van der Waals surface area contributed by atoms with Gasteiger partial charge in [0, 0.05) is 41.9 Å². The van der Waals surface area contributed by atoms with Crippen LogP contribution in [0.15, 0.2) is 76.9 Å². The molecule has 3 heterocycles. The number of carbonyl (C=O) groups excluding carboxylic acids is 1. The number of amides is 1. The Morgan fingerprint density at radius 1 is 1.14 bits per heavy atom. The first-order valence-electron chi connectivity index (χ1n) is 12.1. The highest BCUT2D eigenvalue weighted by Gasteiger charge is 2.24. The van der Waals surface area contributed by atoms with Crippen molar-refractivity contribution in [1.82, 2.24) is 19.5 Å². The number of hydrogen-bond donors (Lipinski definition) is 1. The summed E-state index contributed by atoms with van der Waals surface area (Å²) >= 11 is 10.0. The number of carbonyl (C=O) groups is 1. The summed E-state index contributed by atoms with van der Waals surface area (Å²) in [7, 11) is 0. The average molecular weight is 565 g/mol. The van der Waals surface area contributed by atoms with Crippen LogP contribution in [0.5, 0.6) is 0 Å². The van der Waals surface area contributed by atoms with Crippen LogP contribution in [0, 0.1) is 5.92 Å². The molecule has 1 fully saturated rings. The third-order valence-electron chi connectivity index (χ3n) is 6.57. The van der Waals surface area contributed by atoms with Gasteiger partial charge in [-0.3, -0.25) is 4.79 Å². The standard InChI is InChI=1S/C28H27BrClN5O/c1-19(15-20-7-3-2-4-8-20)28(36)34-13-11-21(12-14-34)17-31-26-16-25(22-9-5-6-10-24(22)30)33-27-23(29)18-32-35(26)27/h2-10,15-16,18,21,31H,11-14,17H2,1H3. The molecule has 2 aromatic heterocycles. The molecular formula is C28H27BrClN5O. The molecule has 36 heavy (non-hydrogen) atoms. The van der Waals surface area contributed by atoms with Crippen molar-refractivity contribution in [2.24, 2.45) is 5.92 Å². The van der Waals surface area contributed by atoms with Gasteiger partial charge in [-0.25, -0.2) is 4.98 Å². The van der Waals surface area contributed by atoms with Crippen LogP contribution in [-0.4, -0.2) is 45.0 Å². The van der Waals surface area contributed by atoms with E-state index in [1.807, 2.05) is 78.6 Å². The predicted octanol–water partition coefficient (Wildman–Crippen LogP) is 6.57. The lowest BCUT2D eigenvalue weighted by atomic mass is 9.96. The molecule has 2 aromatic carbocycles. The Balaban J connectivity index is 1.25. The highest BCUT2D eigenvalue weighted by Crippen LogP contribution is 2.30. The van der Waals surface area contributed by atoms with E-state index in [9.17, 15) is 4.79 Å². The molecule has 1 saturated heterocycles. The summed E-state index contributed by atoms with van der Waals surface area (Å²) in [5.41, 5.74) is 4.22. The van der Waals surface area contributed by atoms with Gasteiger partial charge < -0.3 is 10.2 Å². The number of anilines is 1. The lowest BCUT2D eigenvalue weighted by Gasteiger charge is -2.32. The number of fused-ring (bicyclic) bond motifs is 1. The van der Waals surface area contributed by atoms with Crippen LogP contribution in [0.2, 0.25) is 5.02 Å². The molecule has 1 amide bonds. The summed E-state index contributed by atoms with van der Waals surface area (Å²) in [6.45, 7) is 4.21. The minimum absolute atomic E-state index is 0.117. The molecule has 184 valence electrons. The van der Waals surface area contributed by atoms with Crippen LogP contribution in [0.3, 0.4) is 0 Å². The van der Waals surface area contributed by atoms with Crippen LogP contribution >= 0.6 is 27.5 Å². The predicted molar refractivity (Wildman–Crippen MR) is 149 cm³/mol. The third kappa shape index (κ3) is 5.32. The fourth-order valence-electron chi connectivity index (χ4n) is 4.57. The van der Waals surface area contributed by atoms with E-state index < -0.39 is 0 Å². The van der Waals surface area contributed by atoms with Gasteiger partial charge in [0.05, 0.1) is 16.4 Å². The van der Waals surface area contributed by atoms with E-state index in [-0.39, 0.29) is 5.91 Å². The number of nitrogens with one attached hydrogen (secondary N) is 1. The van der Waals surface area contributed by atoms with E-state index in [1.165, 1.54) is 0 Å². The molecule has 1 N–H and O–H groups in total. The summed E-state index contributed by atoms with van der Waals surface area (Å²) in [6.07, 6.45) is 5.61. The smallest absolute Gasteiger partial charge is 0.249 e. The molecule has 0 saturated carbocycles. The number of likely N-dealkylation sites (tertiary alicyclic amines) is 1. The maximum atomic E-state index is 12.9. The fourth-order valence-corrected chi connectivity index (χ4v) is 5.15. The number of rotatable bonds is 6. The SMILES string of the molecule is CC(=Cc1ccccc1)C(=O)N1CCC(CNc2cc(-c3ccccc3Cl)nc3c(Br)cnn23)CC1. The topological polar surface area (TPSA) is 62.5 Å². The zero-order chi connectivity index (χ0) is 25.1. The molecule has 0 atom stereocenters. The highest BCUT2D eigenvalue weighted by molar-refractivity contribution is 9.10. The van der Waals surface area contributed by atoms with E-state index in [0.717, 1.165) is 70.8 Å². The Bertz CT molecular complexity index is 1410. The Morgan fingerprint density at radius 3 is 2.61 bits per heavy atom. The minimum atomic E-state index is 0.117. The highest BCUT2D eigenvalue weighted by atomic mass is 79.9. The van der Waals surface area contributed by atoms with Gasteiger partial charge in [-0.1, -0.05) is 60.1 Å². The number of hydrogen-bond acceptors (Lipinski definition) is 4. The monoisotopic (exact) mass is 563 g/mol. The molecule has 0 radical (unpaired) electrons. The quantitative estimate of drug-likeness (QED) is 0.269. The Kier molecular flexibility index (Phi) is 7.39. The normalized spacial score (nSPS) is 14.9. The van der Waals surface area contributed by atoms with Crippen molar-refractivity contribution in [1.29, 1.82) is 0 Å². The second-order valence-corrected chi connectivity index (χ2v) is 10.4. The second-order valence-electron chi connectivity index (χ2n) is 9.09. The van der Waals surface area contributed by atoms with Crippen molar-refractivity contribution in [2.45, 2.75) is 19.8 Å². The maximum absolute atomic E-state index is 12.9. The van der Waals surface area contributed by atoms with Crippen molar-refractivity contribution in [2.75, 3.05) is 25.0 Å². The molecular weight excluding hydrogens is 538 g/mol. The molecule has 4 aromatic rings. The summed E-state index contributed by atoms with van der Waals surface area (Å²) < 4.78 is 2.63. The van der Waals surface area contributed by atoms with E-state index in [2.05, 4.69) is 26.3 Å². The van der Waals surface area contributed by atoms with Crippen LogP contribution in [0.25, 0.3) is 23.0 Å². The van der Waals surface area contributed by atoms with Crippen molar-refractivity contribution in [3.8, 4) is 11.3 Å². The van der Waals surface area contributed by atoms with Gasteiger partial charge >= 0.3 is 0 Å². The van der Waals surface area contributed by atoms with Gasteiger partial charge in [-0.2, -0.15) is 9.61 Å². The Labute approximate surface area is 224 Å². The largest absolute Gasteiger partial charge is 0.370 e. The molecule has 0 unspecified atom stereocenters. The van der Waals surface area contributed by atoms with E-state index in [4.69, 9.17) is 16.6 Å². The van der Waals surface area contributed by atoms with E-state index >= 15 is 0 Å². The minimum Gasteiger partial charge on any atom is -0.370 e. The number of nitrogens with zero attached hydrogens (tertiary/aromatic N) is 4. The molecule has 5 rings (SSSR count). The van der Waals surface area contributed by atoms with Crippen molar-refractivity contribution in [3.05, 3.63) is 87.5 Å². The second kappa shape index (κ2) is 10.8. The summed E-state index contributed by atoms with van der Waals surface area (Å²) in [5, 5.41) is 8.72. The zero-order valence-electron chi connectivity index (χ0n) is 20.0. The molecule has 6 nitrogen and oxygen atoms in total. The van der Waals surface area contributed by atoms with E-state index in [0.29, 0.717) is 10.9 Å². The molecule has 0 bridgehead atoms. The van der Waals surface area contributed by atoms with Crippen molar-refractivity contribution >= 4 is 51.0 Å². The zero-order valence-corrected chi connectivity index (χ0v) is 22.3. The summed E-state index contributed by atoms with van der Waals surface area (Å²) in [4.78, 5) is 19.7. The van der Waals surface area contributed by atoms with Gasteiger partial charge in [0.2, 0.25) is 5.91 Å². The van der Waals surface area contributed by atoms with Crippen LogP contribution in [0.4, 0.5) is 5.82 Å². The number of halogens is 2. The molecule has 8 heteroatoms.